The third-order valence-corrected chi connectivity index (χ3v) is 1.89. The number of carbonyl (C=O) groups excluding carboxylic acids is 1. The molecule has 0 bridgehead atoms. The number of rotatable bonds is 3. The van der Waals surface area contributed by atoms with Crippen LogP contribution < -0.4 is 0 Å². The van der Waals surface area contributed by atoms with Crippen molar-refractivity contribution >= 4 is 11.5 Å². The third-order valence-electron chi connectivity index (χ3n) is 1.89. The number of alkyl halides is 3. The molecule has 0 heterocycles. The van der Waals surface area contributed by atoms with Gasteiger partial charge in [0, 0.05) is 11.6 Å². The highest BCUT2D eigenvalue weighted by Crippen LogP contribution is 2.21. The molecule has 1 aromatic carbocycles. The fourth-order valence-electron chi connectivity index (χ4n) is 1.08. The smallest absolute Gasteiger partial charge is 0.454 e. The van der Waals surface area contributed by atoms with Gasteiger partial charge in [-0.05, 0) is 24.3 Å². The van der Waals surface area contributed by atoms with Crippen molar-refractivity contribution in [3.8, 4) is 0 Å². The Hall–Kier alpha value is -1.85. The zero-order chi connectivity index (χ0) is 13.1. The van der Waals surface area contributed by atoms with E-state index in [1.807, 2.05) is 0 Å². The van der Waals surface area contributed by atoms with E-state index in [0.717, 1.165) is 19.2 Å². The van der Waals surface area contributed by atoms with Gasteiger partial charge in [-0.15, -0.1) is 0 Å². The van der Waals surface area contributed by atoms with Crippen molar-refractivity contribution in [2.75, 3.05) is 7.11 Å². The Bertz CT molecular complexity index is 432. The number of halogens is 4. The second-order valence-electron chi connectivity index (χ2n) is 3.08. The van der Waals surface area contributed by atoms with Gasteiger partial charge in [-0.2, -0.15) is 13.2 Å². The van der Waals surface area contributed by atoms with Crippen LogP contribution in [-0.4, -0.2) is 19.1 Å². The summed E-state index contributed by atoms with van der Waals surface area (Å²) in [6.07, 6.45) is -4.63. The van der Waals surface area contributed by atoms with Crippen molar-refractivity contribution < 1.29 is 27.1 Å². The quantitative estimate of drug-likeness (QED) is 0.467. The highest BCUT2D eigenvalue weighted by atomic mass is 19.4. The maximum Gasteiger partial charge on any atom is 0.454 e. The summed E-state index contributed by atoms with van der Waals surface area (Å²) in [7, 11) is 1.12. The molecule has 0 saturated carbocycles. The number of methoxy groups -OCH3 is 1. The molecule has 2 nitrogen and oxygen atoms in total. The van der Waals surface area contributed by atoms with Gasteiger partial charge in [0.2, 0.25) is 0 Å². The molecule has 0 spiro atoms. The van der Waals surface area contributed by atoms with Gasteiger partial charge in [-0.3, -0.25) is 4.79 Å². The molecule has 0 aliphatic carbocycles. The second-order valence-corrected chi connectivity index (χ2v) is 3.08. The van der Waals surface area contributed by atoms with Crippen molar-refractivity contribution in [3.63, 3.8) is 0 Å². The number of hydrogen-bond acceptors (Lipinski definition) is 2. The Morgan fingerprint density at radius 3 is 2.18 bits per heavy atom. The summed E-state index contributed by atoms with van der Waals surface area (Å²) in [5, 5.41) is 0. The van der Waals surface area contributed by atoms with Crippen LogP contribution in [0.1, 0.15) is 5.56 Å². The number of hydrogen-bond donors (Lipinski definition) is 0. The first-order valence-electron chi connectivity index (χ1n) is 4.47. The van der Waals surface area contributed by atoms with E-state index in [2.05, 4.69) is 4.74 Å². The van der Waals surface area contributed by atoms with Gasteiger partial charge in [0.1, 0.15) is 11.6 Å². The largest absolute Gasteiger partial charge is 0.496 e. The molecule has 0 aliphatic heterocycles. The van der Waals surface area contributed by atoms with E-state index in [4.69, 9.17) is 0 Å². The molecule has 0 radical (unpaired) electrons. The van der Waals surface area contributed by atoms with Gasteiger partial charge < -0.3 is 4.74 Å². The minimum Gasteiger partial charge on any atom is -0.496 e. The van der Waals surface area contributed by atoms with Crippen LogP contribution in [0.2, 0.25) is 0 Å². The first-order valence-corrected chi connectivity index (χ1v) is 4.47. The molecule has 17 heavy (non-hydrogen) atoms. The molecule has 0 fully saturated rings. The normalized spacial score (nSPS) is 12.4. The lowest BCUT2D eigenvalue weighted by Gasteiger charge is -2.07. The lowest BCUT2D eigenvalue weighted by Crippen LogP contribution is -2.20. The number of benzene rings is 1. The van der Waals surface area contributed by atoms with Crippen molar-refractivity contribution in [1.82, 2.24) is 0 Å². The lowest BCUT2D eigenvalue weighted by molar-refractivity contribution is -0.165. The van der Waals surface area contributed by atoms with Gasteiger partial charge in [-0.25, -0.2) is 4.39 Å². The summed E-state index contributed by atoms with van der Waals surface area (Å²) in [5.74, 6) is -2.84. The number of allylic oxidation sites excluding steroid dienone is 1. The molecule has 0 amide bonds. The molecule has 92 valence electrons. The predicted molar refractivity (Wildman–Crippen MR) is 52.4 cm³/mol. The van der Waals surface area contributed by atoms with E-state index in [1.165, 1.54) is 12.1 Å². The molecule has 0 unspecified atom stereocenters. The van der Waals surface area contributed by atoms with Crippen LogP contribution in [0.15, 0.2) is 30.3 Å². The van der Waals surface area contributed by atoms with Gasteiger partial charge in [0.25, 0.3) is 5.78 Å². The Balaban J connectivity index is 3.04. The first-order chi connectivity index (χ1) is 7.84. The molecular formula is C11H8F4O2. The van der Waals surface area contributed by atoms with Crippen LogP contribution in [0.3, 0.4) is 0 Å². The summed E-state index contributed by atoms with van der Waals surface area (Å²) < 4.78 is 53.3. The fraction of sp³-hybridized carbons (Fsp3) is 0.182. The van der Waals surface area contributed by atoms with Gasteiger partial charge in [-0.1, -0.05) is 0 Å². The van der Waals surface area contributed by atoms with Gasteiger partial charge >= 0.3 is 6.18 Å². The standard InChI is InChI=1S/C11H8F4O2/c1-17-9(6-10(16)11(13,14)15)7-2-4-8(12)5-3-7/h2-6H,1H3/b9-6+. The number of ether oxygens (including phenoxy) is 1. The SMILES string of the molecule is CO/C(=C/C(=O)C(F)(F)F)c1ccc(F)cc1. The highest BCUT2D eigenvalue weighted by molar-refractivity contribution is 5.99. The maximum atomic E-state index is 12.6. The molecule has 0 aliphatic rings. The third kappa shape index (κ3) is 3.58. The van der Waals surface area contributed by atoms with E-state index >= 15 is 0 Å². The van der Waals surface area contributed by atoms with Crippen LogP contribution in [0.5, 0.6) is 0 Å². The Labute approximate surface area is 94.5 Å². The highest BCUT2D eigenvalue weighted by Gasteiger charge is 2.37. The molecule has 1 aromatic rings. The van der Waals surface area contributed by atoms with Crippen LogP contribution in [-0.2, 0) is 9.53 Å². The molecular weight excluding hydrogens is 240 g/mol. The maximum absolute atomic E-state index is 12.6. The molecule has 6 heteroatoms. The van der Waals surface area contributed by atoms with Crippen molar-refractivity contribution in [2.45, 2.75) is 6.18 Å². The molecule has 0 N–H and O–H groups in total. The van der Waals surface area contributed by atoms with E-state index in [0.29, 0.717) is 6.08 Å². The van der Waals surface area contributed by atoms with Gasteiger partial charge in [0.05, 0.1) is 7.11 Å². The minimum atomic E-state index is -4.95. The molecule has 1 rings (SSSR count). The van der Waals surface area contributed by atoms with Gasteiger partial charge in [0.15, 0.2) is 0 Å². The van der Waals surface area contributed by atoms with E-state index < -0.39 is 17.8 Å². The summed E-state index contributed by atoms with van der Waals surface area (Å²) in [4.78, 5) is 10.7. The lowest BCUT2D eigenvalue weighted by atomic mass is 10.1. The summed E-state index contributed by atoms with van der Waals surface area (Å²) in [6.45, 7) is 0. The van der Waals surface area contributed by atoms with Crippen LogP contribution >= 0.6 is 0 Å². The van der Waals surface area contributed by atoms with Crippen molar-refractivity contribution in [3.05, 3.63) is 41.7 Å². The topological polar surface area (TPSA) is 26.3 Å². The summed E-state index contributed by atoms with van der Waals surface area (Å²) in [6, 6.07) is 4.54. The Kier molecular flexibility index (Phi) is 3.88. The molecule has 0 saturated heterocycles. The number of ketones is 1. The van der Waals surface area contributed by atoms with Crippen molar-refractivity contribution in [2.24, 2.45) is 0 Å². The fourth-order valence-corrected chi connectivity index (χ4v) is 1.08. The Morgan fingerprint density at radius 1 is 1.24 bits per heavy atom. The minimum absolute atomic E-state index is 0.187. The molecule has 0 atom stereocenters. The number of carbonyl (C=O) groups is 1. The van der Waals surface area contributed by atoms with E-state index in [9.17, 15) is 22.4 Å². The average Bonchev–Trinajstić information content (AvgIpc) is 2.25. The van der Waals surface area contributed by atoms with Crippen LogP contribution in [0.4, 0.5) is 17.6 Å². The second kappa shape index (κ2) is 4.99. The van der Waals surface area contributed by atoms with Crippen LogP contribution in [0.25, 0.3) is 5.76 Å². The molecule has 0 aromatic heterocycles. The zero-order valence-electron chi connectivity index (χ0n) is 8.72. The van der Waals surface area contributed by atoms with Crippen LogP contribution in [0, 0.1) is 5.82 Å². The van der Waals surface area contributed by atoms with Crippen molar-refractivity contribution in [1.29, 1.82) is 0 Å². The monoisotopic (exact) mass is 248 g/mol. The van der Waals surface area contributed by atoms with E-state index in [1.54, 1.807) is 0 Å². The summed E-state index contributed by atoms with van der Waals surface area (Å²) in [5.41, 5.74) is 0.187. The van der Waals surface area contributed by atoms with E-state index in [-0.39, 0.29) is 11.3 Å². The first kappa shape index (κ1) is 13.2. The Morgan fingerprint density at radius 2 is 1.76 bits per heavy atom. The predicted octanol–water partition coefficient (Wildman–Crippen LogP) is 2.94. The summed E-state index contributed by atoms with van der Waals surface area (Å²) >= 11 is 0. The average molecular weight is 248 g/mol. The zero-order valence-corrected chi connectivity index (χ0v) is 8.72.